The lowest BCUT2D eigenvalue weighted by Gasteiger charge is -2.14. The number of rotatable bonds is 9. The summed E-state index contributed by atoms with van der Waals surface area (Å²) in [4.78, 5) is 39.1. The minimum absolute atomic E-state index is 0.0588. The Kier molecular flexibility index (Phi) is 8.76. The van der Waals surface area contributed by atoms with Crippen LogP contribution >= 0.6 is 34.3 Å². The number of fused-ring (bicyclic) bond motifs is 1. The Morgan fingerprint density at radius 1 is 1.03 bits per heavy atom. The van der Waals surface area contributed by atoms with Gasteiger partial charge in [0.15, 0.2) is 6.10 Å². The quantitative estimate of drug-likeness (QED) is 0.312. The molecule has 1 aliphatic rings. The molecule has 1 amide bonds. The number of ether oxygens (including phenoxy) is 2. The first-order valence-corrected chi connectivity index (χ1v) is 15.3. The molecule has 13 heteroatoms. The van der Waals surface area contributed by atoms with E-state index in [1.54, 1.807) is 6.92 Å². The molecule has 3 aromatic rings. The van der Waals surface area contributed by atoms with Gasteiger partial charge in [-0.25, -0.2) is 18.0 Å². The molecule has 1 aromatic carbocycles. The van der Waals surface area contributed by atoms with Crippen molar-refractivity contribution in [2.75, 3.05) is 16.6 Å². The predicted octanol–water partition coefficient (Wildman–Crippen LogP) is 5.50. The Hall–Kier alpha value is -2.93. The highest BCUT2D eigenvalue weighted by molar-refractivity contribution is 7.94. The van der Waals surface area contributed by atoms with E-state index in [9.17, 15) is 22.8 Å². The molecule has 1 unspecified atom stereocenters. The zero-order valence-corrected chi connectivity index (χ0v) is 23.7. The average Bonchev–Trinajstić information content (AvgIpc) is 3.48. The number of aryl methyl sites for hydroxylation is 1. The predicted molar refractivity (Wildman–Crippen MR) is 147 cm³/mol. The van der Waals surface area contributed by atoms with Gasteiger partial charge in [-0.1, -0.05) is 11.6 Å². The summed E-state index contributed by atoms with van der Waals surface area (Å²) in [5.41, 5.74) is 1.66. The number of benzene rings is 1. The first-order chi connectivity index (χ1) is 18.1. The van der Waals surface area contributed by atoms with Gasteiger partial charge in [-0.2, -0.15) is 0 Å². The second kappa shape index (κ2) is 11.9. The summed E-state index contributed by atoms with van der Waals surface area (Å²) in [6, 6.07) is 8.48. The number of anilines is 2. The fourth-order valence-corrected chi connectivity index (χ4v) is 7.71. The van der Waals surface area contributed by atoms with Crippen LogP contribution in [0.4, 0.5) is 10.7 Å². The van der Waals surface area contributed by atoms with E-state index in [1.165, 1.54) is 54.7 Å². The van der Waals surface area contributed by atoms with Crippen molar-refractivity contribution in [3.05, 3.63) is 62.3 Å². The van der Waals surface area contributed by atoms with Crippen LogP contribution in [0.5, 0.6) is 0 Å². The molecule has 0 bridgehead atoms. The van der Waals surface area contributed by atoms with Crippen molar-refractivity contribution in [3.8, 4) is 0 Å². The van der Waals surface area contributed by atoms with Gasteiger partial charge in [0.2, 0.25) is 0 Å². The zero-order valence-electron chi connectivity index (χ0n) is 20.5. The van der Waals surface area contributed by atoms with E-state index in [0.29, 0.717) is 14.9 Å². The van der Waals surface area contributed by atoms with Gasteiger partial charge in [0.05, 0.1) is 22.1 Å². The number of amides is 1. The minimum atomic E-state index is -3.82. The van der Waals surface area contributed by atoms with Gasteiger partial charge in [-0.05, 0) is 81.5 Å². The molecule has 1 atom stereocenters. The van der Waals surface area contributed by atoms with Gasteiger partial charge in [0.25, 0.3) is 15.9 Å². The molecular formula is C25H25ClN2O7S3. The summed E-state index contributed by atoms with van der Waals surface area (Å²) >= 11 is 8.09. The molecule has 2 heterocycles. The number of esters is 2. The Labute approximate surface area is 233 Å². The highest BCUT2D eigenvalue weighted by Crippen LogP contribution is 2.38. The smallest absolute Gasteiger partial charge is 0.341 e. The number of carbonyl (C=O) groups is 3. The number of carbonyl (C=O) groups excluding carboxylic acids is 3. The van der Waals surface area contributed by atoms with Crippen LogP contribution in [0.3, 0.4) is 0 Å². The molecule has 4 rings (SSSR count). The number of thiophene rings is 2. The Bertz CT molecular complexity index is 1460. The minimum Gasteiger partial charge on any atom is -0.462 e. The highest BCUT2D eigenvalue weighted by Gasteiger charge is 2.29. The first kappa shape index (κ1) is 28.1. The molecule has 9 nitrogen and oxygen atoms in total. The van der Waals surface area contributed by atoms with Crippen molar-refractivity contribution in [3.63, 3.8) is 0 Å². The molecule has 38 heavy (non-hydrogen) atoms. The van der Waals surface area contributed by atoms with Crippen molar-refractivity contribution in [2.45, 2.75) is 49.8 Å². The molecule has 0 fully saturated rings. The standard InChI is InChI=1S/C25H25ClN2O7S3/c1-3-34-25(31)21-17-6-4-5-7-18(17)36-23(21)27-22(29)14(2)35-24(30)15-8-10-16(11-9-15)28-38(32,33)20-13-12-19(26)37-20/h8-14,28H,3-7H2,1-2H3,(H,27,29). The largest absolute Gasteiger partial charge is 0.462 e. The molecule has 0 spiro atoms. The lowest BCUT2D eigenvalue weighted by Crippen LogP contribution is -2.30. The Morgan fingerprint density at radius 2 is 1.74 bits per heavy atom. The third-order valence-electron chi connectivity index (χ3n) is 5.73. The van der Waals surface area contributed by atoms with Crippen molar-refractivity contribution in [1.82, 2.24) is 0 Å². The first-order valence-electron chi connectivity index (χ1n) is 11.8. The third-order valence-corrected chi connectivity index (χ3v) is 10.0. The summed E-state index contributed by atoms with van der Waals surface area (Å²) in [6.07, 6.45) is 2.40. The van der Waals surface area contributed by atoms with Gasteiger partial charge in [0.1, 0.15) is 9.21 Å². The van der Waals surface area contributed by atoms with Crippen LogP contribution in [0.2, 0.25) is 4.34 Å². The van der Waals surface area contributed by atoms with Crippen molar-refractivity contribution < 1.29 is 32.3 Å². The number of nitrogens with one attached hydrogen (secondary N) is 2. The van der Waals surface area contributed by atoms with E-state index in [0.717, 1.165) is 47.5 Å². The van der Waals surface area contributed by atoms with E-state index in [2.05, 4.69) is 10.0 Å². The fraction of sp³-hybridized carbons (Fsp3) is 0.320. The second-order valence-corrected chi connectivity index (χ2v) is 13.1. The lowest BCUT2D eigenvalue weighted by molar-refractivity contribution is -0.123. The van der Waals surface area contributed by atoms with Crippen molar-refractivity contribution in [2.24, 2.45) is 0 Å². The second-order valence-electron chi connectivity index (χ2n) is 8.41. The van der Waals surface area contributed by atoms with E-state index in [1.807, 2.05) is 0 Å². The molecule has 0 aliphatic heterocycles. The Balaban J connectivity index is 1.40. The summed E-state index contributed by atoms with van der Waals surface area (Å²) in [7, 11) is -3.82. The van der Waals surface area contributed by atoms with Gasteiger partial charge in [0, 0.05) is 10.6 Å². The summed E-state index contributed by atoms with van der Waals surface area (Å²) in [6.45, 7) is 3.37. The van der Waals surface area contributed by atoms with Crippen molar-refractivity contribution in [1.29, 1.82) is 0 Å². The molecule has 0 saturated carbocycles. The van der Waals surface area contributed by atoms with Crippen LogP contribution in [0, 0.1) is 0 Å². The van der Waals surface area contributed by atoms with Crippen LogP contribution in [0.25, 0.3) is 0 Å². The van der Waals surface area contributed by atoms with Crippen LogP contribution < -0.4 is 10.0 Å². The van der Waals surface area contributed by atoms with Crippen LogP contribution in [0.1, 0.15) is 57.8 Å². The van der Waals surface area contributed by atoms with Gasteiger partial charge >= 0.3 is 11.9 Å². The monoisotopic (exact) mass is 596 g/mol. The normalized spacial score (nSPS) is 13.8. The Morgan fingerprint density at radius 3 is 2.39 bits per heavy atom. The van der Waals surface area contributed by atoms with Gasteiger partial charge in [-0.3, -0.25) is 9.52 Å². The SMILES string of the molecule is CCOC(=O)c1c(NC(=O)C(C)OC(=O)c2ccc(NS(=O)(=O)c3ccc(Cl)s3)cc2)sc2c1CCCC2. The molecule has 2 aromatic heterocycles. The number of hydrogen-bond donors (Lipinski definition) is 2. The average molecular weight is 597 g/mol. The van der Waals surface area contributed by atoms with E-state index >= 15 is 0 Å². The van der Waals surface area contributed by atoms with E-state index in [4.69, 9.17) is 21.1 Å². The van der Waals surface area contributed by atoms with Gasteiger partial charge in [-0.15, -0.1) is 22.7 Å². The topological polar surface area (TPSA) is 128 Å². The molecule has 0 radical (unpaired) electrons. The maximum absolute atomic E-state index is 12.9. The van der Waals surface area contributed by atoms with Crippen LogP contribution in [-0.4, -0.2) is 39.0 Å². The molecule has 202 valence electrons. The number of sulfonamides is 1. The van der Waals surface area contributed by atoms with E-state index in [-0.39, 0.29) is 22.1 Å². The van der Waals surface area contributed by atoms with Gasteiger partial charge < -0.3 is 14.8 Å². The van der Waals surface area contributed by atoms with Crippen LogP contribution in [0.15, 0.2) is 40.6 Å². The maximum Gasteiger partial charge on any atom is 0.341 e. The summed E-state index contributed by atoms with van der Waals surface area (Å²) < 4.78 is 38.2. The number of halogens is 1. The highest BCUT2D eigenvalue weighted by atomic mass is 35.5. The number of hydrogen-bond acceptors (Lipinski definition) is 9. The fourth-order valence-electron chi connectivity index (χ4n) is 3.89. The molecule has 1 aliphatic carbocycles. The van der Waals surface area contributed by atoms with Crippen LogP contribution in [-0.2, 0) is 37.1 Å². The molecule has 2 N–H and O–H groups in total. The van der Waals surface area contributed by atoms with E-state index < -0.39 is 34.0 Å². The maximum atomic E-state index is 12.9. The van der Waals surface area contributed by atoms with Crippen molar-refractivity contribution >= 4 is 72.8 Å². The summed E-state index contributed by atoms with van der Waals surface area (Å²) in [5.74, 6) is -1.82. The zero-order chi connectivity index (χ0) is 27.4. The molecule has 0 saturated heterocycles. The lowest BCUT2D eigenvalue weighted by atomic mass is 9.95. The summed E-state index contributed by atoms with van der Waals surface area (Å²) in [5, 5.41) is 3.13. The third kappa shape index (κ3) is 6.37. The molecular weight excluding hydrogens is 572 g/mol.